The lowest BCUT2D eigenvalue weighted by Crippen LogP contribution is -2.26. The Morgan fingerprint density at radius 2 is 2.25 bits per heavy atom. The molecule has 0 spiro atoms. The summed E-state index contributed by atoms with van der Waals surface area (Å²) in [5, 5.41) is 4.35. The minimum absolute atomic E-state index is 0.584. The number of benzene rings is 1. The summed E-state index contributed by atoms with van der Waals surface area (Å²) in [4.78, 5) is 5.53. The van der Waals surface area contributed by atoms with E-state index in [0.29, 0.717) is 5.92 Å². The largest absolute Gasteiger partial charge is 0.316 e. The van der Waals surface area contributed by atoms with Gasteiger partial charge in [-0.15, -0.1) is 11.3 Å². The van der Waals surface area contributed by atoms with Gasteiger partial charge in [0.15, 0.2) is 0 Å². The highest BCUT2D eigenvalue weighted by Gasteiger charge is 2.12. The summed E-state index contributed by atoms with van der Waals surface area (Å²) in [6, 6.07) is 8.19. The molecule has 1 atom stereocenters. The van der Waals surface area contributed by atoms with Gasteiger partial charge in [-0.3, -0.25) is 4.98 Å². The van der Waals surface area contributed by atoms with E-state index in [-0.39, 0.29) is 0 Å². The number of nitrogens with zero attached hydrogens (tertiary/aromatic N) is 1. The standard InChI is InChI=1S/C16H21ClN2S/c1-2-6-18-10-14(9-16-11-19-12-20-16)7-13-4-3-5-15(17)8-13/h3-5,8,11-12,14,18H,2,6-7,9-10H2,1H3. The van der Waals surface area contributed by atoms with Crippen molar-refractivity contribution in [2.75, 3.05) is 13.1 Å². The molecule has 2 rings (SSSR count). The molecule has 2 aromatic rings. The topological polar surface area (TPSA) is 24.9 Å². The maximum atomic E-state index is 6.07. The number of halogens is 1. The van der Waals surface area contributed by atoms with Crippen LogP contribution >= 0.6 is 22.9 Å². The molecule has 0 fully saturated rings. The minimum Gasteiger partial charge on any atom is -0.316 e. The second-order valence-corrected chi connectivity index (χ2v) is 6.48. The first-order valence-corrected chi connectivity index (χ1v) is 8.36. The van der Waals surface area contributed by atoms with Crippen molar-refractivity contribution in [2.45, 2.75) is 26.2 Å². The van der Waals surface area contributed by atoms with Crippen LogP contribution in [-0.2, 0) is 12.8 Å². The lowest BCUT2D eigenvalue weighted by molar-refractivity contribution is 0.473. The molecule has 0 radical (unpaired) electrons. The average Bonchev–Trinajstić information content (AvgIpc) is 2.92. The number of thiazole rings is 1. The highest BCUT2D eigenvalue weighted by Crippen LogP contribution is 2.19. The number of hydrogen-bond donors (Lipinski definition) is 1. The molecule has 0 bridgehead atoms. The Balaban J connectivity index is 1.97. The Labute approximate surface area is 130 Å². The van der Waals surface area contributed by atoms with Crippen LogP contribution in [0.2, 0.25) is 5.02 Å². The number of hydrogen-bond acceptors (Lipinski definition) is 3. The second kappa shape index (κ2) is 8.40. The lowest BCUT2D eigenvalue weighted by atomic mass is 9.95. The normalized spacial score (nSPS) is 12.5. The van der Waals surface area contributed by atoms with Gasteiger partial charge in [0.25, 0.3) is 0 Å². The molecule has 108 valence electrons. The van der Waals surface area contributed by atoms with Gasteiger partial charge < -0.3 is 5.32 Å². The molecule has 0 aliphatic heterocycles. The molecule has 0 saturated heterocycles. The summed E-state index contributed by atoms with van der Waals surface area (Å²) in [6.45, 7) is 4.31. The third kappa shape index (κ3) is 5.23. The van der Waals surface area contributed by atoms with Gasteiger partial charge in [0.05, 0.1) is 5.51 Å². The molecule has 1 N–H and O–H groups in total. The average molecular weight is 309 g/mol. The van der Waals surface area contributed by atoms with Crippen molar-refractivity contribution in [1.29, 1.82) is 0 Å². The third-order valence-corrected chi connectivity index (χ3v) is 4.28. The van der Waals surface area contributed by atoms with E-state index >= 15 is 0 Å². The fourth-order valence-corrected chi connectivity index (χ4v) is 3.25. The molecule has 0 aliphatic carbocycles. The Bertz CT molecular complexity index is 499. The van der Waals surface area contributed by atoms with Crippen LogP contribution in [0.5, 0.6) is 0 Å². The van der Waals surface area contributed by atoms with Crippen LogP contribution in [0.1, 0.15) is 23.8 Å². The van der Waals surface area contributed by atoms with Crippen LogP contribution in [0.25, 0.3) is 0 Å². The summed E-state index contributed by atoms with van der Waals surface area (Å²) in [6.07, 6.45) is 5.28. The van der Waals surface area contributed by atoms with Crippen LogP contribution in [-0.4, -0.2) is 18.1 Å². The van der Waals surface area contributed by atoms with Gasteiger partial charge in [0.2, 0.25) is 0 Å². The molecule has 1 heterocycles. The molecule has 4 heteroatoms. The van der Waals surface area contributed by atoms with Crippen molar-refractivity contribution in [2.24, 2.45) is 5.92 Å². The van der Waals surface area contributed by atoms with Gasteiger partial charge in [0, 0.05) is 16.1 Å². The Hall–Kier alpha value is -0.900. The Morgan fingerprint density at radius 3 is 2.95 bits per heavy atom. The zero-order valence-electron chi connectivity index (χ0n) is 11.8. The smallest absolute Gasteiger partial charge is 0.0794 e. The quantitative estimate of drug-likeness (QED) is 0.739. The maximum Gasteiger partial charge on any atom is 0.0794 e. The third-order valence-electron chi connectivity index (χ3n) is 3.25. The van der Waals surface area contributed by atoms with Crippen LogP contribution < -0.4 is 5.32 Å². The highest BCUT2D eigenvalue weighted by molar-refractivity contribution is 7.09. The van der Waals surface area contributed by atoms with Gasteiger partial charge >= 0.3 is 0 Å². The van der Waals surface area contributed by atoms with Crippen molar-refractivity contribution in [3.8, 4) is 0 Å². The summed E-state index contributed by atoms with van der Waals surface area (Å²) >= 11 is 7.81. The highest BCUT2D eigenvalue weighted by atomic mass is 35.5. The molecule has 1 aromatic carbocycles. The number of rotatable bonds is 8. The van der Waals surface area contributed by atoms with E-state index in [1.807, 2.05) is 23.8 Å². The first-order valence-electron chi connectivity index (χ1n) is 7.10. The van der Waals surface area contributed by atoms with E-state index in [1.165, 1.54) is 16.9 Å². The van der Waals surface area contributed by atoms with Gasteiger partial charge in [-0.05, 0) is 56.0 Å². The molecule has 1 aromatic heterocycles. The number of aromatic nitrogens is 1. The van der Waals surface area contributed by atoms with Crippen LogP contribution in [0, 0.1) is 5.92 Å². The molecule has 0 aliphatic rings. The van der Waals surface area contributed by atoms with Gasteiger partial charge in [0.1, 0.15) is 0 Å². The summed E-state index contributed by atoms with van der Waals surface area (Å²) in [5.41, 5.74) is 3.22. The van der Waals surface area contributed by atoms with Crippen LogP contribution in [0.15, 0.2) is 36.0 Å². The Morgan fingerprint density at radius 1 is 1.35 bits per heavy atom. The molecule has 1 unspecified atom stereocenters. The minimum atomic E-state index is 0.584. The van der Waals surface area contributed by atoms with Crippen LogP contribution in [0.3, 0.4) is 0 Å². The zero-order chi connectivity index (χ0) is 14.2. The Kier molecular flexibility index (Phi) is 6.51. The first kappa shape index (κ1) is 15.5. The molecule has 20 heavy (non-hydrogen) atoms. The molecular formula is C16H21ClN2S. The zero-order valence-corrected chi connectivity index (χ0v) is 13.4. The van der Waals surface area contributed by atoms with Gasteiger partial charge in [-0.1, -0.05) is 30.7 Å². The molecule has 2 nitrogen and oxygen atoms in total. The predicted molar refractivity (Wildman–Crippen MR) is 87.6 cm³/mol. The molecule has 0 amide bonds. The lowest BCUT2D eigenvalue weighted by Gasteiger charge is -2.17. The summed E-state index contributed by atoms with van der Waals surface area (Å²) < 4.78 is 0. The maximum absolute atomic E-state index is 6.07. The van der Waals surface area contributed by atoms with Crippen molar-refractivity contribution in [3.05, 3.63) is 51.4 Å². The van der Waals surface area contributed by atoms with Gasteiger partial charge in [-0.25, -0.2) is 0 Å². The van der Waals surface area contributed by atoms with Crippen molar-refractivity contribution in [3.63, 3.8) is 0 Å². The van der Waals surface area contributed by atoms with E-state index < -0.39 is 0 Å². The number of nitrogens with one attached hydrogen (secondary N) is 1. The fourth-order valence-electron chi connectivity index (χ4n) is 2.32. The monoisotopic (exact) mass is 308 g/mol. The van der Waals surface area contributed by atoms with E-state index in [1.54, 1.807) is 11.3 Å². The summed E-state index contributed by atoms with van der Waals surface area (Å²) in [5.74, 6) is 0.584. The molecule has 0 saturated carbocycles. The van der Waals surface area contributed by atoms with Crippen LogP contribution in [0.4, 0.5) is 0 Å². The second-order valence-electron chi connectivity index (χ2n) is 5.08. The predicted octanol–water partition coefficient (Wildman–Crippen LogP) is 4.20. The SMILES string of the molecule is CCCNCC(Cc1cccc(Cl)c1)Cc1cncs1. The van der Waals surface area contributed by atoms with Gasteiger partial charge in [-0.2, -0.15) is 0 Å². The van der Waals surface area contributed by atoms with Crippen molar-refractivity contribution >= 4 is 22.9 Å². The fraction of sp³-hybridized carbons (Fsp3) is 0.438. The van der Waals surface area contributed by atoms with Crippen molar-refractivity contribution < 1.29 is 0 Å². The summed E-state index contributed by atoms with van der Waals surface area (Å²) in [7, 11) is 0. The van der Waals surface area contributed by atoms with E-state index in [2.05, 4.69) is 29.4 Å². The van der Waals surface area contributed by atoms with E-state index in [9.17, 15) is 0 Å². The van der Waals surface area contributed by atoms with E-state index in [4.69, 9.17) is 11.6 Å². The molecular weight excluding hydrogens is 288 g/mol. The first-order chi connectivity index (χ1) is 9.78. The van der Waals surface area contributed by atoms with E-state index in [0.717, 1.165) is 31.0 Å². The van der Waals surface area contributed by atoms with Crippen molar-refractivity contribution in [1.82, 2.24) is 10.3 Å².